The van der Waals surface area contributed by atoms with E-state index in [0.717, 1.165) is 51.2 Å². The summed E-state index contributed by atoms with van der Waals surface area (Å²) in [5.41, 5.74) is 2.68. The molecule has 4 heteroatoms. The zero-order valence-corrected chi connectivity index (χ0v) is 17.2. The van der Waals surface area contributed by atoms with Gasteiger partial charge in [0.1, 0.15) is 5.75 Å². The van der Waals surface area contributed by atoms with Crippen LogP contribution in [-0.2, 0) is 11.3 Å². The number of hydrogen-bond donors (Lipinski definition) is 0. The largest absolute Gasteiger partial charge is 0.497 e. The summed E-state index contributed by atoms with van der Waals surface area (Å²) in [4.78, 5) is 17.8. The Labute approximate surface area is 173 Å². The highest BCUT2D eigenvalue weighted by Gasteiger charge is 2.49. The van der Waals surface area contributed by atoms with E-state index < -0.39 is 0 Å². The fourth-order valence-corrected chi connectivity index (χ4v) is 5.33. The van der Waals surface area contributed by atoms with Crippen molar-refractivity contribution in [2.75, 3.05) is 26.7 Å². The van der Waals surface area contributed by atoms with Crippen molar-refractivity contribution in [1.29, 1.82) is 0 Å². The monoisotopic (exact) mass is 390 g/mol. The summed E-state index contributed by atoms with van der Waals surface area (Å²) in [6.07, 6.45) is 3.24. The second-order valence-electron chi connectivity index (χ2n) is 8.89. The second-order valence-corrected chi connectivity index (χ2v) is 8.89. The van der Waals surface area contributed by atoms with Gasteiger partial charge in [0.2, 0.25) is 5.91 Å². The van der Waals surface area contributed by atoms with Crippen molar-refractivity contribution in [1.82, 2.24) is 9.80 Å². The zero-order chi connectivity index (χ0) is 19.8. The molecule has 1 aliphatic carbocycles. The molecule has 3 aliphatic rings. The second kappa shape index (κ2) is 7.83. The van der Waals surface area contributed by atoms with E-state index in [1.165, 1.54) is 11.1 Å². The molecule has 2 aliphatic heterocycles. The van der Waals surface area contributed by atoms with Crippen molar-refractivity contribution in [2.24, 2.45) is 11.8 Å². The molecular formula is C25H30N2O2. The molecule has 2 aromatic rings. The van der Waals surface area contributed by atoms with Gasteiger partial charge < -0.3 is 9.64 Å². The van der Waals surface area contributed by atoms with Crippen molar-refractivity contribution in [2.45, 2.75) is 37.8 Å². The zero-order valence-electron chi connectivity index (χ0n) is 17.2. The smallest absolute Gasteiger partial charge is 0.225 e. The number of rotatable bonds is 5. The SMILES string of the molecule is COc1cccc([C@@H]2CN(C(=O)C3CC3)[C@H]3CCN(Cc4ccccc4)C[C@@H]23)c1. The summed E-state index contributed by atoms with van der Waals surface area (Å²) in [7, 11) is 1.72. The van der Waals surface area contributed by atoms with Crippen LogP contribution in [0.4, 0.5) is 0 Å². The van der Waals surface area contributed by atoms with Crippen LogP contribution in [0.15, 0.2) is 54.6 Å². The Bertz CT molecular complexity index is 864. The van der Waals surface area contributed by atoms with Gasteiger partial charge in [-0.3, -0.25) is 9.69 Å². The van der Waals surface area contributed by atoms with Crippen molar-refractivity contribution >= 4 is 5.91 Å². The highest BCUT2D eigenvalue weighted by molar-refractivity contribution is 5.82. The molecule has 0 N–H and O–H groups in total. The van der Waals surface area contributed by atoms with Gasteiger partial charge in [-0.25, -0.2) is 0 Å². The van der Waals surface area contributed by atoms with Gasteiger partial charge in [-0.15, -0.1) is 0 Å². The van der Waals surface area contributed by atoms with Crippen LogP contribution in [0.25, 0.3) is 0 Å². The third-order valence-electron chi connectivity index (χ3n) is 7.00. The summed E-state index contributed by atoms with van der Waals surface area (Å²) < 4.78 is 5.48. The number of hydrogen-bond acceptors (Lipinski definition) is 3. The summed E-state index contributed by atoms with van der Waals surface area (Å²) in [5, 5.41) is 0. The number of fused-ring (bicyclic) bond motifs is 1. The number of piperidine rings is 1. The van der Waals surface area contributed by atoms with E-state index in [0.29, 0.717) is 29.7 Å². The highest BCUT2D eigenvalue weighted by atomic mass is 16.5. The Morgan fingerprint density at radius 2 is 1.86 bits per heavy atom. The maximum atomic E-state index is 13.0. The van der Waals surface area contributed by atoms with Gasteiger partial charge in [0.15, 0.2) is 0 Å². The van der Waals surface area contributed by atoms with E-state index in [1.807, 2.05) is 6.07 Å². The molecule has 4 nitrogen and oxygen atoms in total. The maximum absolute atomic E-state index is 13.0. The number of likely N-dealkylation sites (tertiary alicyclic amines) is 2. The molecule has 2 heterocycles. The number of ether oxygens (including phenoxy) is 1. The Kier molecular flexibility index (Phi) is 5.04. The summed E-state index contributed by atoms with van der Waals surface area (Å²) in [6.45, 7) is 3.97. The van der Waals surface area contributed by atoms with Gasteiger partial charge in [0.05, 0.1) is 7.11 Å². The third kappa shape index (κ3) is 3.78. The summed E-state index contributed by atoms with van der Waals surface area (Å²) in [5.74, 6) is 2.48. The molecule has 29 heavy (non-hydrogen) atoms. The number of methoxy groups -OCH3 is 1. The van der Waals surface area contributed by atoms with Crippen molar-refractivity contribution in [3.63, 3.8) is 0 Å². The lowest BCUT2D eigenvalue weighted by Gasteiger charge is -2.39. The molecule has 0 spiro atoms. The number of carbonyl (C=O) groups excluding carboxylic acids is 1. The molecule has 5 rings (SSSR count). The molecule has 3 atom stereocenters. The average molecular weight is 391 g/mol. The number of amides is 1. The van der Waals surface area contributed by atoms with Gasteiger partial charge in [0.25, 0.3) is 0 Å². The Morgan fingerprint density at radius 3 is 2.62 bits per heavy atom. The molecule has 0 aromatic heterocycles. The first kappa shape index (κ1) is 18.7. The predicted molar refractivity (Wildman–Crippen MR) is 114 cm³/mol. The van der Waals surface area contributed by atoms with Crippen molar-refractivity contribution in [3.05, 3.63) is 65.7 Å². The fourth-order valence-electron chi connectivity index (χ4n) is 5.33. The lowest BCUT2D eigenvalue weighted by atomic mass is 9.81. The van der Waals surface area contributed by atoms with Gasteiger partial charge >= 0.3 is 0 Å². The summed E-state index contributed by atoms with van der Waals surface area (Å²) >= 11 is 0. The molecule has 1 saturated carbocycles. The van der Waals surface area contributed by atoms with Crippen LogP contribution in [0.2, 0.25) is 0 Å². The lowest BCUT2D eigenvalue weighted by Crippen LogP contribution is -2.48. The standard InChI is InChI=1S/C25H30N2O2/c1-29-21-9-5-8-20(14-21)22-17-27(25(28)19-10-11-19)24-12-13-26(16-23(22)24)15-18-6-3-2-4-7-18/h2-9,14,19,22-24H,10-13,15-17H2,1H3/t22-,23-,24-/m0/s1. The minimum atomic E-state index is 0.294. The van der Waals surface area contributed by atoms with Gasteiger partial charge in [-0.2, -0.15) is 0 Å². The minimum absolute atomic E-state index is 0.294. The Hall–Kier alpha value is -2.33. The highest BCUT2D eigenvalue weighted by Crippen LogP contribution is 2.44. The van der Waals surface area contributed by atoms with Gasteiger partial charge in [-0.1, -0.05) is 42.5 Å². The molecule has 2 aromatic carbocycles. The normalized spacial score (nSPS) is 26.9. The van der Waals surface area contributed by atoms with Gasteiger partial charge in [0, 0.05) is 50.0 Å². The first-order valence-corrected chi connectivity index (χ1v) is 10.9. The van der Waals surface area contributed by atoms with Crippen LogP contribution in [0, 0.1) is 11.8 Å². The van der Waals surface area contributed by atoms with Crippen LogP contribution in [0.1, 0.15) is 36.3 Å². The quantitative estimate of drug-likeness (QED) is 0.776. The van der Waals surface area contributed by atoms with Crippen LogP contribution >= 0.6 is 0 Å². The van der Waals surface area contributed by atoms with E-state index in [4.69, 9.17) is 4.74 Å². The molecule has 3 fully saturated rings. The van der Waals surface area contributed by atoms with E-state index in [9.17, 15) is 4.79 Å². The van der Waals surface area contributed by atoms with Crippen LogP contribution in [-0.4, -0.2) is 48.5 Å². The first-order valence-electron chi connectivity index (χ1n) is 10.9. The van der Waals surface area contributed by atoms with E-state index in [2.05, 4.69) is 58.3 Å². The van der Waals surface area contributed by atoms with Crippen LogP contribution in [0.3, 0.4) is 0 Å². The van der Waals surface area contributed by atoms with E-state index >= 15 is 0 Å². The Morgan fingerprint density at radius 1 is 1.03 bits per heavy atom. The van der Waals surface area contributed by atoms with E-state index in [-0.39, 0.29) is 0 Å². The van der Waals surface area contributed by atoms with E-state index in [1.54, 1.807) is 7.11 Å². The summed E-state index contributed by atoms with van der Waals surface area (Å²) in [6, 6.07) is 19.6. The Balaban J connectivity index is 1.39. The maximum Gasteiger partial charge on any atom is 0.225 e. The molecule has 2 saturated heterocycles. The third-order valence-corrected chi connectivity index (χ3v) is 7.00. The average Bonchev–Trinajstić information content (AvgIpc) is 3.55. The molecule has 152 valence electrons. The topological polar surface area (TPSA) is 32.8 Å². The number of carbonyl (C=O) groups is 1. The minimum Gasteiger partial charge on any atom is -0.497 e. The van der Waals surface area contributed by atoms with Crippen molar-refractivity contribution in [3.8, 4) is 5.75 Å². The molecule has 0 radical (unpaired) electrons. The molecule has 0 bridgehead atoms. The van der Waals surface area contributed by atoms with Crippen LogP contribution in [0.5, 0.6) is 5.75 Å². The number of benzene rings is 2. The predicted octanol–water partition coefficient (Wildman–Crippen LogP) is 3.92. The number of nitrogens with zero attached hydrogens (tertiary/aromatic N) is 2. The van der Waals surface area contributed by atoms with Crippen LogP contribution < -0.4 is 4.74 Å². The molecule has 0 unspecified atom stereocenters. The van der Waals surface area contributed by atoms with Gasteiger partial charge in [-0.05, 0) is 42.5 Å². The molecular weight excluding hydrogens is 360 g/mol. The fraction of sp³-hybridized carbons (Fsp3) is 0.480. The molecule has 1 amide bonds. The van der Waals surface area contributed by atoms with Crippen molar-refractivity contribution < 1.29 is 9.53 Å². The first-order chi connectivity index (χ1) is 14.2. The lowest BCUT2D eigenvalue weighted by molar-refractivity contribution is -0.134.